The summed E-state index contributed by atoms with van der Waals surface area (Å²) >= 11 is 12.2. The monoisotopic (exact) mass is 326 g/mol. The van der Waals surface area contributed by atoms with Crippen LogP contribution in [0.15, 0.2) is 30.6 Å². The third-order valence-electron chi connectivity index (χ3n) is 3.05. The minimum Gasteiger partial charge on any atom is -0.376 e. The second kappa shape index (κ2) is 6.83. The Morgan fingerprint density at radius 2 is 2.19 bits per heavy atom. The molecule has 0 aliphatic rings. The maximum absolute atomic E-state index is 11.3. The Balaban J connectivity index is 2.07. The molecule has 1 aromatic heterocycles. The van der Waals surface area contributed by atoms with Gasteiger partial charge >= 0.3 is 0 Å². The first-order chi connectivity index (χ1) is 10.0. The van der Waals surface area contributed by atoms with E-state index >= 15 is 0 Å². The van der Waals surface area contributed by atoms with Crippen molar-refractivity contribution >= 4 is 34.8 Å². The second-order valence-corrected chi connectivity index (χ2v) is 5.39. The molecule has 0 radical (unpaired) electrons. The Bertz CT molecular complexity index is 642. The van der Waals surface area contributed by atoms with E-state index in [4.69, 9.17) is 23.2 Å². The van der Waals surface area contributed by atoms with Gasteiger partial charge in [-0.25, -0.2) is 0 Å². The standard InChI is InChI=1S/C14H16Cl2N4O/c1-9(11-4-3-5-12(15)14(11)16)19-10-6-18-20(7-10)8-13(21)17-2/h3-7,9,19H,8H2,1-2H3,(H,17,21). The van der Waals surface area contributed by atoms with Crippen LogP contribution in [0.4, 0.5) is 5.69 Å². The number of carbonyl (C=O) groups is 1. The Labute approximate surface area is 133 Å². The quantitative estimate of drug-likeness (QED) is 0.887. The summed E-state index contributed by atoms with van der Waals surface area (Å²) in [5.74, 6) is -0.101. The van der Waals surface area contributed by atoms with Crippen molar-refractivity contribution in [3.05, 3.63) is 46.2 Å². The highest BCUT2D eigenvalue weighted by Gasteiger charge is 2.12. The van der Waals surface area contributed by atoms with E-state index in [1.165, 1.54) is 0 Å². The third-order valence-corrected chi connectivity index (χ3v) is 3.88. The van der Waals surface area contributed by atoms with Gasteiger partial charge in [0.2, 0.25) is 5.91 Å². The molecule has 2 N–H and O–H groups in total. The summed E-state index contributed by atoms with van der Waals surface area (Å²) in [5, 5.41) is 11.0. The van der Waals surface area contributed by atoms with E-state index in [1.54, 1.807) is 30.2 Å². The Morgan fingerprint density at radius 3 is 2.90 bits per heavy atom. The van der Waals surface area contributed by atoms with Crippen molar-refractivity contribution in [2.45, 2.75) is 19.5 Å². The van der Waals surface area contributed by atoms with Crippen LogP contribution in [-0.2, 0) is 11.3 Å². The molecule has 5 nitrogen and oxygen atoms in total. The Kier molecular flexibility index (Phi) is 5.09. The number of nitrogens with one attached hydrogen (secondary N) is 2. The van der Waals surface area contributed by atoms with Gasteiger partial charge < -0.3 is 10.6 Å². The fourth-order valence-electron chi connectivity index (χ4n) is 1.93. The minimum absolute atomic E-state index is 0.0335. The predicted molar refractivity (Wildman–Crippen MR) is 84.8 cm³/mol. The molecule has 1 amide bonds. The first kappa shape index (κ1) is 15.7. The molecule has 2 rings (SSSR count). The summed E-state index contributed by atoms with van der Waals surface area (Å²) in [6.07, 6.45) is 3.43. The molecule has 0 aliphatic heterocycles. The van der Waals surface area contributed by atoms with Crippen molar-refractivity contribution < 1.29 is 4.79 Å². The molecule has 0 spiro atoms. The van der Waals surface area contributed by atoms with Gasteiger partial charge in [-0.15, -0.1) is 0 Å². The predicted octanol–water partition coefficient (Wildman–Crippen LogP) is 3.11. The van der Waals surface area contributed by atoms with Crippen LogP contribution in [0.5, 0.6) is 0 Å². The Morgan fingerprint density at radius 1 is 1.43 bits per heavy atom. The van der Waals surface area contributed by atoms with Crippen LogP contribution in [0, 0.1) is 0 Å². The first-order valence-corrected chi connectivity index (χ1v) is 7.20. The molecular formula is C14H16Cl2N4O. The molecule has 7 heteroatoms. The zero-order valence-corrected chi connectivity index (χ0v) is 13.2. The van der Waals surface area contributed by atoms with E-state index in [1.807, 2.05) is 19.1 Å². The molecule has 2 aromatic rings. The maximum Gasteiger partial charge on any atom is 0.241 e. The summed E-state index contributed by atoms with van der Waals surface area (Å²) in [6.45, 7) is 2.16. The summed E-state index contributed by atoms with van der Waals surface area (Å²) in [4.78, 5) is 11.3. The van der Waals surface area contributed by atoms with Crippen molar-refractivity contribution in [1.82, 2.24) is 15.1 Å². The molecule has 21 heavy (non-hydrogen) atoms. The van der Waals surface area contributed by atoms with E-state index < -0.39 is 0 Å². The number of rotatable bonds is 5. The Hall–Kier alpha value is -1.72. The van der Waals surface area contributed by atoms with E-state index in [2.05, 4.69) is 15.7 Å². The van der Waals surface area contributed by atoms with Crippen LogP contribution in [0.1, 0.15) is 18.5 Å². The van der Waals surface area contributed by atoms with E-state index in [9.17, 15) is 4.79 Å². The van der Waals surface area contributed by atoms with Gasteiger partial charge in [-0.3, -0.25) is 9.48 Å². The number of carbonyl (C=O) groups excluding carboxylic acids is 1. The normalized spacial score (nSPS) is 12.0. The van der Waals surface area contributed by atoms with Gasteiger partial charge in [0.15, 0.2) is 0 Å². The molecule has 1 heterocycles. The summed E-state index contributed by atoms with van der Waals surface area (Å²) < 4.78 is 1.56. The molecule has 1 atom stereocenters. The lowest BCUT2D eigenvalue weighted by atomic mass is 10.1. The van der Waals surface area contributed by atoms with Gasteiger partial charge in [0, 0.05) is 13.2 Å². The largest absolute Gasteiger partial charge is 0.376 e. The third kappa shape index (κ3) is 3.89. The molecule has 0 saturated heterocycles. The zero-order chi connectivity index (χ0) is 15.4. The van der Waals surface area contributed by atoms with Crippen LogP contribution < -0.4 is 10.6 Å². The zero-order valence-electron chi connectivity index (χ0n) is 11.7. The number of aromatic nitrogens is 2. The maximum atomic E-state index is 11.3. The first-order valence-electron chi connectivity index (χ1n) is 6.44. The minimum atomic E-state index is -0.101. The van der Waals surface area contributed by atoms with Gasteiger partial charge in [0.05, 0.1) is 28.0 Å². The highest BCUT2D eigenvalue weighted by Crippen LogP contribution is 2.31. The highest BCUT2D eigenvalue weighted by atomic mass is 35.5. The number of hydrogen-bond acceptors (Lipinski definition) is 3. The number of amides is 1. The molecule has 0 bridgehead atoms. The van der Waals surface area contributed by atoms with Gasteiger partial charge in [-0.2, -0.15) is 5.10 Å². The van der Waals surface area contributed by atoms with E-state index in [0.717, 1.165) is 11.3 Å². The molecule has 0 saturated carbocycles. The number of anilines is 1. The fourth-order valence-corrected chi connectivity index (χ4v) is 2.40. The van der Waals surface area contributed by atoms with Crippen molar-refractivity contribution in [2.24, 2.45) is 0 Å². The van der Waals surface area contributed by atoms with E-state index in [0.29, 0.717) is 10.0 Å². The van der Waals surface area contributed by atoms with Gasteiger partial charge in [0.25, 0.3) is 0 Å². The lowest BCUT2D eigenvalue weighted by Crippen LogP contribution is -2.23. The molecule has 1 aromatic carbocycles. The van der Waals surface area contributed by atoms with E-state index in [-0.39, 0.29) is 18.5 Å². The number of likely N-dealkylation sites (N-methyl/N-ethyl adjacent to an activating group) is 1. The van der Waals surface area contributed by atoms with Crippen molar-refractivity contribution in [1.29, 1.82) is 0 Å². The summed E-state index contributed by atoms with van der Waals surface area (Å²) in [7, 11) is 1.59. The van der Waals surface area contributed by atoms with Gasteiger partial charge in [0.1, 0.15) is 6.54 Å². The smallest absolute Gasteiger partial charge is 0.241 e. The molecule has 0 fully saturated rings. The average Bonchev–Trinajstić information content (AvgIpc) is 2.88. The summed E-state index contributed by atoms with van der Waals surface area (Å²) in [6, 6.07) is 5.49. The SMILES string of the molecule is CNC(=O)Cn1cc(NC(C)c2cccc(Cl)c2Cl)cn1. The van der Waals surface area contributed by atoms with Gasteiger partial charge in [-0.05, 0) is 18.6 Å². The molecule has 112 valence electrons. The van der Waals surface area contributed by atoms with Crippen LogP contribution >= 0.6 is 23.2 Å². The van der Waals surface area contributed by atoms with Crippen molar-refractivity contribution in [3.63, 3.8) is 0 Å². The topological polar surface area (TPSA) is 59.0 Å². The van der Waals surface area contributed by atoms with Crippen LogP contribution in [-0.4, -0.2) is 22.7 Å². The number of hydrogen-bond donors (Lipinski definition) is 2. The number of benzene rings is 1. The molecule has 1 unspecified atom stereocenters. The average molecular weight is 327 g/mol. The van der Waals surface area contributed by atoms with Crippen molar-refractivity contribution in [2.75, 3.05) is 12.4 Å². The van der Waals surface area contributed by atoms with Crippen LogP contribution in [0.25, 0.3) is 0 Å². The highest BCUT2D eigenvalue weighted by molar-refractivity contribution is 6.42. The fraction of sp³-hybridized carbons (Fsp3) is 0.286. The second-order valence-electron chi connectivity index (χ2n) is 4.61. The molecule has 0 aliphatic carbocycles. The van der Waals surface area contributed by atoms with Crippen molar-refractivity contribution in [3.8, 4) is 0 Å². The van der Waals surface area contributed by atoms with Gasteiger partial charge in [-0.1, -0.05) is 35.3 Å². The molecular weight excluding hydrogens is 311 g/mol. The summed E-state index contributed by atoms with van der Waals surface area (Å²) in [5.41, 5.74) is 1.71. The van der Waals surface area contributed by atoms with Crippen LogP contribution in [0.3, 0.4) is 0 Å². The number of nitrogens with zero attached hydrogens (tertiary/aromatic N) is 2. The van der Waals surface area contributed by atoms with Crippen LogP contribution in [0.2, 0.25) is 10.0 Å². The lowest BCUT2D eigenvalue weighted by molar-refractivity contribution is -0.121. The number of halogens is 2. The lowest BCUT2D eigenvalue weighted by Gasteiger charge is -2.16.